The maximum atomic E-state index is 11.3. The van der Waals surface area contributed by atoms with Gasteiger partial charge in [0.25, 0.3) is 0 Å². The van der Waals surface area contributed by atoms with Crippen LogP contribution in [0.15, 0.2) is 0 Å². The van der Waals surface area contributed by atoms with Gasteiger partial charge in [0.1, 0.15) is 6.04 Å². The topological polar surface area (TPSA) is 78.4 Å². The fourth-order valence-electron chi connectivity index (χ4n) is 1.11. The van der Waals surface area contributed by atoms with Crippen LogP contribution in [0.1, 0.15) is 19.3 Å². The van der Waals surface area contributed by atoms with Gasteiger partial charge in [-0.15, -0.1) is 0 Å². The van der Waals surface area contributed by atoms with Crippen molar-refractivity contribution in [1.29, 1.82) is 0 Å². The first-order valence-electron chi connectivity index (χ1n) is 4.92. The van der Waals surface area contributed by atoms with Crippen molar-refractivity contribution >= 4 is 23.8 Å². The summed E-state index contributed by atoms with van der Waals surface area (Å²) in [4.78, 5) is 22.1. The van der Waals surface area contributed by atoms with E-state index in [1.165, 1.54) is 0 Å². The zero-order valence-corrected chi connectivity index (χ0v) is 9.47. The lowest BCUT2D eigenvalue weighted by Crippen LogP contribution is -2.46. The highest BCUT2D eigenvalue weighted by Crippen LogP contribution is 2.18. The SMILES string of the molecule is CSCC[C@@H](NC(=O)NC1CC1)C(=O)O. The zero-order chi connectivity index (χ0) is 11.3. The van der Waals surface area contributed by atoms with Crippen LogP contribution in [0.25, 0.3) is 0 Å². The van der Waals surface area contributed by atoms with Crippen LogP contribution in [0.4, 0.5) is 4.79 Å². The summed E-state index contributed by atoms with van der Waals surface area (Å²) < 4.78 is 0. The summed E-state index contributed by atoms with van der Waals surface area (Å²) in [7, 11) is 0. The second kappa shape index (κ2) is 5.85. The highest BCUT2D eigenvalue weighted by atomic mass is 32.2. The summed E-state index contributed by atoms with van der Waals surface area (Å²) in [5.41, 5.74) is 0. The second-order valence-corrected chi connectivity index (χ2v) is 4.55. The van der Waals surface area contributed by atoms with Crippen molar-refractivity contribution in [3.8, 4) is 0 Å². The van der Waals surface area contributed by atoms with Crippen LogP contribution >= 0.6 is 11.8 Å². The third-order valence-electron chi connectivity index (χ3n) is 2.13. The van der Waals surface area contributed by atoms with Gasteiger partial charge in [0, 0.05) is 6.04 Å². The first-order chi connectivity index (χ1) is 7.13. The van der Waals surface area contributed by atoms with Crippen LogP contribution in [0, 0.1) is 0 Å². The molecule has 0 radical (unpaired) electrons. The normalized spacial score (nSPS) is 16.9. The third-order valence-corrected chi connectivity index (χ3v) is 2.77. The van der Waals surface area contributed by atoms with E-state index in [1.54, 1.807) is 11.8 Å². The zero-order valence-electron chi connectivity index (χ0n) is 8.66. The lowest BCUT2D eigenvalue weighted by atomic mass is 10.2. The van der Waals surface area contributed by atoms with Gasteiger partial charge in [0.05, 0.1) is 0 Å². The molecule has 0 saturated heterocycles. The number of urea groups is 1. The minimum atomic E-state index is -0.977. The molecule has 0 aliphatic heterocycles. The van der Waals surface area contributed by atoms with Gasteiger partial charge < -0.3 is 15.7 Å². The number of hydrogen-bond donors (Lipinski definition) is 3. The predicted molar refractivity (Wildman–Crippen MR) is 59.1 cm³/mol. The molecular weight excluding hydrogens is 216 g/mol. The number of carbonyl (C=O) groups excluding carboxylic acids is 1. The first-order valence-corrected chi connectivity index (χ1v) is 6.31. The first kappa shape index (κ1) is 12.2. The Balaban J connectivity index is 2.28. The molecule has 0 aromatic heterocycles. The number of carbonyl (C=O) groups is 2. The molecule has 3 N–H and O–H groups in total. The van der Waals surface area contributed by atoms with Crippen LogP contribution in [0.5, 0.6) is 0 Å². The Labute approximate surface area is 93.0 Å². The molecule has 0 spiro atoms. The fourth-order valence-corrected chi connectivity index (χ4v) is 1.58. The number of carboxylic acids is 1. The predicted octanol–water partition coefficient (Wildman–Crippen LogP) is 0.654. The maximum Gasteiger partial charge on any atom is 0.326 e. The highest BCUT2D eigenvalue weighted by molar-refractivity contribution is 7.98. The lowest BCUT2D eigenvalue weighted by Gasteiger charge is -2.14. The van der Waals surface area contributed by atoms with E-state index in [0.717, 1.165) is 18.6 Å². The van der Waals surface area contributed by atoms with E-state index in [2.05, 4.69) is 10.6 Å². The van der Waals surface area contributed by atoms with Gasteiger partial charge in [-0.3, -0.25) is 0 Å². The van der Waals surface area contributed by atoms with Gasteiger partial charge in [-0.05, 0) is 31.3 Å². The summed E-state index contributed by atoms with van der Waals surface area (Å²) in [6, 6.07) is -0.901. The molecule has 1 fully saturated rings. The van der Waals surface area contributed by atoms with E-state index in [-0.39, 0.29) is 12.1 Å². The minimum absolute atomic E-state index is 0.250. The number of nitrogens with one attached hydrogen (secondary N) is 2. The number of carboxylic acid groups (broad SMARTS) is 1. The van der Waals surface area contributed by atoms with Crippen molar-refractivity contribution < 1.29 is 14.7 Å². The Morgan fingerprint density at radius 1 is 1.53 bits per heavy atom. The number of aliphatic carboxylic acids is 1. The summed E-state index contributed by atoms with van der Waals surface area (Å²) in [5, 5.41) is 14.0. The minimum Gasteiger partial charge on any atom is -0.480 e. The molecule has 0 aromatic rings. The Bertz CT molecular complexity index is 244. The largest absolute Gasteiger partial charge is 0.480 e. The monoisotopic (exact) mass is 232 g/mol. The fraction of sp³-hybridized carbons (Fsp3) is 0.778. The van der Waals surface area contributed by atoms with Crippen molar-refractivity contribution in [2.45, 2.75) is 31.3 Å². The third kappa shape index (κ3) is 4.92. The van der Waals surface area contributed by atoms with Gasteiger partial charge >= 0.3 is 12.0 Å². The lowest BCUT2D eigenvalue weighted by molar-refractivity contribution is -0.139. The number of hydrogen-bond acceptors (Lipinski definition) is 3. The van der Waals surface area contributed by atoms with E-state index >= 15 is 0 Å². The molecule has 2 amide bonds. The average molecular weight is 232 g/mol. The number of amides is 2. The van der Waals surface area contributed by atoms with E-state index in [0.29, 0.717) is 6.42 Å². The molecule has 1 atom stereocenters. The van der Waals surface area contributed by atoms with Crippen LogP contribution in [0.3, 0.4) is 0 Å². The van der Waals surface area contributed by atoms with Gasteiger partial charge in [-0.2, -0.15) is 11.8 Å². The van der Waals surface area contributed by atoms with Gasteiger partial charge in [0.15, 0.2) is 0 Å². The van der Waals surface area contributed by atoms with Crippen LogP contribution < -0.4 is 10.6 Å². The Morgan fingerprint density at radius 3 is 2.67 bits per heavy atom. The number of thioether (sulfide) groups is 1. The summed E-state index contributed by atoms with van der Waals surface area (Å²) in [5.74, 6) is -0.254. The van der Waals surface area contributed by atoms with E-state index in [1.807, 2.05) is 6.26 Å². The molecule has 1 rings (SSSR count). The standard InChI is InChI=1S/C9H16N2O3S/c1-15-5-4-7(8(12)13)11-9(14)10-6-2-3-6/h6-7H,2-5H2,1H3,(H,12,13)(H2,10,11,14)/t7-/m1/s1. The number of rotatable bonds is 6. The van der Waals surface area contributed by atoms with Crippen LogP contribution in [-0.2, 0) is 4.79 Å². The van der Waals surface area contributed by atoms with E-state index < -0.39 is 12.0 Å². The molecule has 6 heteroatoms. The summed E-state index contributed by atoms with van der Waals surface area (Å²) >= 11 is 1.57. The molecule has 15 heavy (non-hydrogen) atoms. The van der Waals surface area contributed by atoms with Crippen LogP contribution in [0.2, 0.25) is 0 Å². The average Bonchev–Trinajstić information content (AvgIpc) is 2.95. The quantitative estimate of drug-likeness (QED) is 0.628. The maximum absolute atomic E-state index is 11.3. The molecule has 0 aromatic carbocycles. The molecule has 0 heterocycles. The van der Waals surface area contributed by atoms with Crippen molar-refractivity contribution in [3.63, 3.8) is 0 Å². The molecule has 1 saturated carbocycles. The molecule has 1 aliphatic rings. The molecular formula is C9H16N2O3S. The van der Waals surface area contributed by atoms with Crippen molar-refractivity contribution in [2.75, 3.05) is 12.0 Å². The van der Waals surface area contributed by atoms with Gasteiger partial charge in [-0.25, -0.2) is 9.59 Å². The Hall–Kier alpha value is -0.910. The molecule has 5 nitrogen and oxygen atoms in total. The second-order valence-electron chi connectivity index (χ2n) is 3.56. The van der Waals surface area contributed by atoms with Crippen molar-refractivity contribution in [3.05, 3.63) is 0 Å². The van der Waals surface area contributed by atoms with Gasteiger partial charge in [-0.1, -0.05) is 0 Å². The van der Waals surface area contributed by atoms with Crippen molar-refractivity contribution in [2.24, 2.45) is 0 Å². The summed E-state index contributed by atoms with van der Waals surface area (Å²) in [6.07, 6.45) is 4.35. The molecule has 0 bridgehead atoms. The summed E-state index contributed by atoms with van der Waals surface area (Å²) in [6.45, 7) is 0. The van der Waals surface area contributed by atoms with Crippen molar-refractivity contribution in [1.82, 2.24) is 10.6 Å². The van der Waals surface area contributed by atoms with E-state index in [9.17, 15) is 9.59 Å². The van der Waals surface area contributed by atoms with Gasteiger partial charge in [0.2, 0.25) is 0 Å². The Kier molecular flexibility index (Phi) is 4.74. The highest BCUT2D eigenvalue weighted by Gasteiger charge is 2.25. The molecule has 1 aliphatic carbocycles. The van der Waals surface area contributed by atoms with Crippen LogP contribution in [-0.4, -0.2) is 41.2 Å². The Morgan fingerprint density at radius 2 is 2.20 bits per heavy atom. The molecule has 0 unspecified atom stereocenters. The smallest absolute Gasteiger partial charge is 0.326 e. The molecule has 86 valence electrons. The van der Waals surface area contributed by atoms with E-state index in [4.69, 9.17) is 5.11 Å².